The van der Waals surface area contributed by atoms with Crippen molar-refractivity contribution in [1.82, 2.24) is 20.0 Å². The number of nitrogens with two attached hydrogens (primary N) is 1. The summed E-state index contributed by atoms with van der Waals surface area (Å²) in [6, 6.07) is 8.51. The van der Waals surface area contributed by atoms with E-state index in [4.69, 9.17) is 20.0 Å². The lowest BCUT2D eigenvalue weighted by molar-refractivity contribution is 0.117. The van der Waals surface area contributed by atoms with Gasteiger partial charge in [-0.15, -0.1) is 0 Å². The molecule has 0 saturated carbocycles. The van der Waals surface area contributed by atoms with Crippen LogP contribution in [0.15, 0.2) is 28.9 Å². The monoisotopic (exact) mass is 484 g/mol. The van der Waals surface area contributed by atoms with Gasteiger partial charge < -0.3 is 15.0 Å². The van der Waals surface area contributed by atoms with Crippen molar-refractivity contribution in [2.75, 3.05) is 19.3 Å². The molecule has 3 aliphatic rings. The predicted molar refractivity (Wildman–Crippen MR) is 135 cm³/mol. The van der Waals surface area contributed by atoms with Crippen LogP contribution in [0.5, 0.6) is 5.88 Å². The van der Waals surface area contributed by atoms with Gasteiger partial charge in [-0.2, -0.15) is 10.2 Å². The third-order valence-electron chi connectivity index (χ3n) is 8.48. The number of hydrogen-bond donors (Lipinski definition) is 1. The van der Waals surface area contributed by atoms with Gasteiger partial charge in [0.05, 0.1) is 11.0 Å². The molecule has 1 spiro atoms. The minimum Gasteiger partial charge on any atom is -0.473 e. The predicted octanol–water partition coefficient (Wildman–Crippen LogP) is 4.41. The van der Waals surface area contributed by atoms with Crippen LogP contribution in [-0.4, -0.2) is 45.8 Å². The van der Waals surface area contributed by atoms with Crippen LogP contribution >= 0.6 is 0 Å². The van der Waals surface area contributed by atoms with Gasteiger partial charge >= 0.3 is 0 Å². The average molecular weight is 485 g/mol. The van der Waals surface area contributed by atoms with Gasteiger partial charge in [-0.3, -0.25) is 4.90 Å². The lowest BCUT2D eigenvalue weighted by Crippen LogP contribution is -2.38. The van der Waals surface area contributed by atoms with Crippen LogP contribution in [0.25, 0.3) is 11.5 Å². The summed E-state index contributed by atoms with van der Waals surface area (Å²) in [5.74, 6) is 1.92. The summed E-state index contributed by atoms with van der Waals surface area (Å²) in [4.78, 5) is 11.6. The van der Waals surface area contributed by atoms with Gasteiger partial charge in [0.2, 0.25) is 5.88 Å². The largest absolute Gasteiger partial charge is 0.473 e. The Balaban J connectivity index is 1.38. The van der Waals surface area contributed by atoms with Crippen LogP contribution in [0.3, 0.4) is 0 Å². The number of hydrogen-bond acceptors (Lipinski definition) is 8. The number of likely N-dealkylation sites (tertiary alicyclic amines) is 1. The molecule has 0 amide bonds. The van der Waals surface area contributed by atoms with Crippen LogP contribution < -0.4 is 10.5 Å². The van der Waals surface area contributed by atoms with E-state index < -0.39 is 0 Å². The first-order chi connectivity index (χ1) is 17.5. The maximum Gasteiger partial charge on any atom is 0.217 e. The maximum absolute atomic E-state index is 10.0. The van der Waals surface area contributed by atoms with Crippen molar-refractivity contribution < 1.29 is 9.26 Å². The molecule has 8 heteroatoms. The van der Waals surface area contributed by atoms with Crippen LogP contribution in [0, 0.1) is 11.3 Å². The number of anilines is 1. The Morgan fingerprint density at radius 2 is 2.06 bits per heavy atom. The number of rotatable bonds is 4. The van der Waals surface area contributed by atoms with Crippen molar-refractivity contribution in [1.29, 1.82) is 5.26 Å². The van der Waals surface area contributed by atoms with E-state index in [0.717, 1.165) is 68.4 Å². The fourth-order valence-corrected chi connectivity index (χ4v) is 6.81. The second-order valence-electron chi connectivity index (χ2n) is 10.5. The summed E-state index contributed by atoms with van der Waals surface area (Å²) in [5.41, 5.74) is 10.9. The van der Waals surface area contributed by atoms with E-state index in [1.807, 2.05) is 12.1 Å². The summed E-state index contributed by atoms with van der Waals surface area (Å²) < 4.78 is 12.4. The summed E-state index contributed by atoms with van der Waals surface area (Å²) in [6.45, 7) is 3.21. The molecule has 3 heterocycles. The number of likely N-dealkylation sites (N-methyl/N-ethyl adjacent to an activating group) is 1. The van der Waals surface area contributed by atoms with E-state index >= 15 is 0 Å². The Morgan fingerprint density at radius 1 is 1.22 bits per heavy atom. The fourth-order valence-electron chi connectivity index (χ4n) is 6.81. The number of ether oxygens (including phenoxy) is 1. The quantitative estimate of drug-likeness (QED) is 0.542. The highest BCUT2D eigenvalue weighted by Crippen LogP contribution is 2.53. The van der Waals surface area contributed by atoms with Crippen LogP contribution in [0.1, 0.15) is 73.5 Å². The third kappa shape index (κ3) is 3.56. The number of nitrogen functional groups attached to an aromatic ring is 1. The Morgan fingerprint density at radius 3 is 2.83 bits per heavy atom. The van der Waals surface area contributed by atoms with E-state index in [1.54, 1.807) is 6.20 Å². The molecule has 186 valence electrons. The van der Waals surface area contributed by atoms with E-state index in [0.29, 0.717) is 34.7 Å². The number of nitrogens with zero attached hydrogens (tertiary/aromatic N) is 5. The molecule has 0 radical (unpaired) electrons. The Labute approximate surface area is 211 Å². The minimum atomic E-state index is -0.386. The van der Waals surface area contributed by atoms with Crippen LogP contribution in [-0.2, 0) is 18.3 Å². The summed E-state index contributed by atoms with van der Waals surface area (Å²) in [6.07, 6.45) is 9.70. The van der Waals surface area contributed by atoms with E-state index in [1.165, 1.54) is 12.0 Å². The smallest absolute Gasteiger partial charge is 0.217 e. The summed E-state index contributed by atoms with van der Waals surface area (Å²) >= 11 is 0. The lowest BCUT2D eigenvalue weighted by atomic mass is 9.61. The van der Waals surface area contributed by atoms with Gasteiger partial charge in [-0.25, -0.2) is 4.98 Å². The normalized spacial score (nSPS) is 24.2. The lowest BCUT2D eigenvalue weighted by Gasteiger charge is -2.41. The number of fused-ring (bicyclic) bond motifs is 4. The molecule has 8 nitrogen and oxygen atoms in total. The number of benzene rings is 1. The Bertz CT molecular complexity index is 1340. The van der Waals surface area contributed by atoms with Gasteiger partial charge in [-0.05, 0) is 89.1 Å². The molecule has 1 aromatic carbocycles. The molecule has 3 atom stereocenters. The number of aryl methyl sites for hydroxylation is 1. The highest BCUT2D eigenvalue weighted by molar-refractivity contribution is 5.67. The molecule has 6 rings (SSSR count). The molecule has 2 aliphatic carbocycles. The topological polar surface area (TPSA) is 114 Å². The maximum atomic E-state index is 10.0. The highest BCUT2D eigenvalue weighted by atomic mass is 16.5. The van der Waals surface area contributed by atoms with Crippen molar-refractivity contribution in [2.45, 2.75) is 75.9 Å². The van der Waals surface area contributed by atoms with Gasteiger partial charge in [0.15, 0.2) is 17.3 Å². The number of aromatic nitrogens is 3. The SMILES string of the molecule is C[C@H](Oc1ccnc(-c2noc3c2CCC[C@@]32CCCc3ccc(N)c(C#N)c32)n1)[C@@H]1CCCN1C. The van der Waals surface area contributed by atoms with Gasteiger partial charge in [0, 0.05) is 29.6 Å². The first-order valence-corrected chi connectivity index (χ1v) is 13.0. The average Bonchev–Trinajstić information content (AvgIpc) is 3.52. The van der Waals surface area contributed by atoms with E-state index in [-0.39, 0.29) is 11.5 Å². The van der Waals surface area contributed by atoms with Crippen molar-refractivity contribution in [3.63, 3.8) is 0 Å². The standard InChI is InChI=1S/C28H32N6O2/c1-17(22-8-5-15-34(22)2)35-23-11-14-31-27(32-23)25-19-7-4-13-28(26(19)36-33-25)12-3-6-18-9-10-21(30)20(16-29)24(18)28/h9-11,14,17,22H,3-8,12-13,15,30H2,1-2H3/t17-,22-,28+/m0/s1. The third-order valence-corrected chi connectivity index (χ3v) is 8.48. The highest BCUT2D eigenvalue weighted by Gasteiger charge is 2.47. The van der Waals surface area contributed by atoms with Crippen LogP contribution in [0.4, 0.5) is 5.69 Å². The molecule has 1 saturated heterocycles. The molecule has 0 unspecified atom stereocenters. The van der Waals surface area contributed by atoms with Crippen molar-refractivity contribution in [3.05, 3.63) is 52.4 Å². The first kappa shape index (κ1) is 23.0. The fraction of sp³-hybridized carbons (Fsp3) is 0.500. The number of nitriles is 1. The molecule has 2 N–H and O–H groups in total. The van der Waals surface area contributed by atoms with Gasteiger partial charge in [0.1, 0.15) is 12.2 Å². The molecular formula is C28H32N6O2. The minimum absolute atomic E-state index is 0.0309. The van der Waals surface area contributed by atoms with Crippen molar-refractivity contribution in [3.8, 4) is 23.5 Å². The zero-order valence-corrected chi connectivity index (χ0v) is 21.0. The second-order valence-corrected chi connectivity index (χ2v) is 10.5. The van der Waals surface area contributed by atoms with Gasteiger partial charge in [0.25, 0.3) is 0 Å². The summed E-state index contributed by atoms with van der Waals surface area (Å²) in [5, 5.41) is 14.5. The molecule has 1 fully saturated rings. The first-order valence-electron chi connectivity index (χ1n) is 13.0. The zero-order chi connectivity index (χ0) is 24.9. The van der Waals surface area contributed by atoms with E-state index in [9.17, 15) is 5.26 Å². The van der Waals surface area contributed by atoms with Gasteiger partial charge in [-0.1, -0.05) is 11.2 Å². The Kier molecular flexibility index (Phi) is 5.68. The molecule has 36 heavy (non-hydrogen) atoms. The summed E-state index contributed by atoms with van der Waals surface area (Å²) in [7, 11) is 2.15. The van der Waals surface area contributed by atoms with Crippen LogP contribution in [0.2, 0.25) is 0 Å². The van der Waals surface area contributed by atoms with Crippen molar-refractivity contribution >= 4 is 5.69 Å². The van der Waals surface area contributed by atoms with Crippen molar-refractivity contribution in [2.24, 2.45) is 0 Å². The molecular weight excluding hydrogens is 452 g/mol. The molecule has 1 aliphatic heterocycles. The molecule has 0 bridgehead atoms. The molecule has 2 aromatic heterocycles. The Hall–Kier alpha value is -3.44. The zero-order valence-electron chi connectivity index (χ0n) is 21.0. The van der Waals surface area contributed by atoms with E-state index in [2.05, 4.69) is 41.1 Å². The molecule has 3 aromatic rings. The second kappa shape index (κ2) is 8.90.